The molecule has 2 aromatic carbocycles. The quantitative estimate of drug-likeness (QED) is 0.489. The fourth-order valence-corrected chi connectivity index (χ4v) is 3.88. The lowest BCUT2D eigenvalue weighted by Gasteiger charge is -2.13. The molecule has 33 heavy (non-hydrogen) atoms. The minimum atomic E-state index is -4.51. The largest absolute Gasteiger partial charge is 0.424 e. The minimum absolute atomic E-state index is 0.169. The number of hydrogen-bond acceptors (Lipinski definition) is 4. The van der Waals surface area contributed by atoms with Crippen LogP contribution in [0.3, 0.4) is 0 Å². The molecular formula is C24H14F3N5O. The first-order valence-corrected chi connectivity index (χ1v) is 10.0. The van der Waals surface area contributed by atoms with Gasteiger partial charge in [0, 0.05) is 23.7 Å². The molecule has 162 valence electrons. The van der Waals surface area contributed by atoms with E-state index in [4.69, 9.17) is 0 Å². The number of alkyl halides is 3. The molecule has 4 aromatic rings. The Labute approximate surface area is 186 Å². The lowest BCUT2D eigenvalue weighted by atomic mass is 9.91. The maximum atomic E-state index is 13.1. The Hall–Kier alpha value is -4.42. The van der Waals surface area contributed by atoms with E-state index in [9.17, 15) is 23.2 Å². The van der Waals surface area contributed by atoms with Gasteiger partial charge in [-0.15, -0.1) is 0 Å². The Balaban J connectivity index is 1.53. The summed E-state index contributed by atoms with van der Waals surface area (Å²) in [7, 11) is 0. The summed E-state index contributed by atoms with van der Waals surface area (Å²) in [6, 6.07) is 20.1. The molecule has 0 amide bonds. The zero-order valence-corrected chi connectivity index (χ0v) is 17.0. The topological polar surface area (TPSA) is 86.0 Å². The third-order valence-electron chi connectivity index (χ3n) is 5.76. The van der Waals surface area contributed by atoms with Crippen LogP contribution in [0.15, 0.2) is 41.3 Å². The third-order valence-corrected chi connectivity index (χ3v) is 5.76. The Morgan fingerprint density at radius 1 is 1.24 bits per heavy atom. The van der Waals surface area contributed by atoms with E-state index >= 15 is 0 Å². The van der Waals surface area contributed by atoms with Crippen LogP contribution in [-0.4, -0.2) is 14.6 Å². The van der Waals surface area contributed by atoms with Crippen molar-refractivity contribution < 1.29 is 13.2 Å². The Morgan fingerprint density at radius 3 is 2.67 bits per heavy atom. The molecule has 9 heteroatoms. The summed E-state index contributed by atoms with van der Waals surface area (Å²) in [6.07, 6.45) is -1.92. The molecular weight excluding hydrogens is 431 g/mol. The van der Waals surface area contributed by atoms with Crippen molar-refractivity contribution in [2.45, 2.75) is 31.0 Å². The number of H-pyrrole nitrogens is 1. The summed E-state index contributed by atoms with van der Waals surface area (Å²) in [5.74, 6) is 0. The average molecular weight is 445 g/mol. The zero-order chi connectivity index (χ0) is 23.2. The molecule has 5 rings (SSSR count). The van der Waals surface area contributed by atoms with Gasteiger partial charge in [-0.3, -0.25) is 9.89 Å². The normalized spacial score (nSPS) is 14.2. The van der Waals surface area contributed by atoms with E-state index in [1.165, 1.54) is 16.8 Å². The van der Waals surface area contributed by atoms with Crippen LogP contribution < -0.4 is 10.9 Å². The van der Waals surface area contributed by atoms with Gasteiger partial charge in [0.1, 0.15) is 17.2 Å². The second kappa shape index (κ2) is 7.32. The molecule has 0 radical (unpaired) electrons. The van der Waals surface area contributed by atoms with Crippen LogP contribution in [0.2, 0.25) is 0 Å². The third kappa shape index (κ3) is 3.43. The van der Waals surface area contributed by atoms with Crippen molar-refractivity contribution in [1.29, 1.82) is 5.26 Å². The zero-order valence-electron chi connectivity index (χ0n) is 17.0. The monoisotopic (exact) mass is 445 g/mol. The number of fused-ring (bicyclic) bond motifs is 1. The number of nitriles is 1. The maximum Gasteiger partial charge on any atom is 0.424 e. The lowest BCUT2D eigenvalue weighted by Crippen LogP contribution is -2.22. The molecule has 2 heterocycles. The highest BCUT2D eigenvalue weighted by molar-refractivity contribution is 5.62. The summed E-state index contributed by atoms with van der Waals surface area (Å²) >= 11 is 0. The number of aromatic amines is 1. The van der Waals surface area contributed by atoms with Gasteiger partial charge in [0.05, 0.1) is 16.9 Å². The van der Waals surface area contributed by atoms with Crippen LogP contribution in [0.25, 0.3) is 5.65 Å². The molecule has 0 saturated heterocycles. The van der Waals surface area contributed by atoms with Crippen molar-refractivity contribution in [1.82, 2.24) is 14.6 Å². The summed E-state index contributed by atoms with van der Waals surface area (Å²) in [6.45, 7) is 0.187. The smallest absolute Gasteiger partial charge is 0.374 e. The van der Waals surface area contributed by atoms with Gasteiger partial charge in [-0.05, 0) is 43.2 Å². The number of anilines is 1. The highest BCUT2D eigenvalue weighted by atomic mass is 19.4. The first-order valence-electron chi connectivity index (χ1n) is 10.0. The van der Waals surface area contributed by atoms with Crippen LogP contribution in [0.1, 0.15) is 40.8 Å². The molecule has 1 aliphatic carbocycles. The second-order valence-corrected chi connectivity index (χ2v) is 7.77. The Bertz CT molecular complexity index is 1430. The predicted octanol–water partition coefficient (Wildman–Crippen LogP) is 3.81. The van der Waals surface area contributed by atoms with E-state index < -0.39 is 17.2 Å². The fraction of sp³-hybridized carbons (Fsp3) is 0.208. The number of hydrogen-bond donors (Lipinski definition) is 2. The molecule has 2 aromatic heterocycles. The van der Waals surface area contributed by atoms with E-state index in [2.05, 4.69) is 45.7 Å². The van der Waals surface area contributed by atoms with Crippen molar-refractivity contribution in [3.8, 4) is 6.07 Å². The van der Waals surface area contributed by atoms with Crippen LogP contribution in [-0.2, 0) is 18.1 Å². The molecule has 0 atom stereocenters. The highest BCUT2D eigenvalue weighted by Crippen LogP contribution is 2.53. The van der Waals surface area contributed by atoms with Crippen molar-refractivity contribution in [2.75, 3.05) is 5.32 Å². The average Bonchev–Trinajstić information content (AvgIpc) is 3.53. The molecule has 2 N–H and O–H groups in total. The number of nitrogens with one attached hydrogen (secondary N) is 2. The Morgan fingerprint density at radius 2 is 2.06 bits per heavy atom. The van der Waals surface area contributed by atoms with Gasteiger partial charge in [-0.2, -0.15) is 22.9 Å². The molecule has 6 nitrogen and oxygen atoms in total. The highest BCUT2D eigenvalue weighted by Gasteiger charge is 2.50. The SMILES string of the molecule is N#Cc1c(C2(c3c#cc(C(F)(F)F)cc3)CC2)[nH]n2c(=O)c(CNc3c#cccc3)cnc12. The van der Waals surface area contributed by atoms with Gasteiger partial charge < -0.3 is 5.32 Å². The molecule has 0 unspecified atom stereocenters. The number of halogens is 3. The maximum absolute atomic E-state index is 13.1. The van der Waals surface area contributed by atoms with Gasteiger partial charge in [-0.1, -0.05) is 24.3 Å². The van der Waals surface area contributed by atoms with Gasteiger partial charge in [0.25, 0.3) is 5.56 Å². The van der Waals surface area contributed by atoms with E-state index in [1.54, 1.807) is 18.2 Å². The second-order valence-electron chi connectivity index (χ2n) is 7.77. The van der Waals surface area contributed by atoms with Gasteiger partial charge >= 0.3 is 6.18 Å². The molecule has 1 aliphatic rings. The first-order chi connectivity index (χ1) is 15.8. The van der Waals surface area contributed by atoms with E-state index in [0.717, 1.165) is 6.07 Å². The van der Waals surface area contributed by atoms with Crippen LogP contribution in [0.5, 0.6) is 0 Å². The minimum Gasteiger partial charge on any atom is -0.374 e. The van der Waals surface area contributed by atoms with E-state index in [1.807, 2.05) is 0 Å². The number of aromatic nitrogens is 3. The molecule has 1 saturated carbocycles. The number of rotatable bonds is 5. The summed E-state index contributed by atoms with van der Waals surface area (Å²) < 4.78 is 39.9. The van der Waals surface area contributed by atoms with Crippen LogP contribution >= 0.6 is 0 Å². The lowest BCUT2D eigenvalue weighted by molar-refractivity contribution is -0.137. The van der Waals surface area contributed by atoms with Crippen LogP contribution in [0.4, 0.5) is 18.9 Å². The molecule has 0 spiro atoms. The van der Waals surface area contributed by atoms with Crippen molar-refractivity contribution in [2.24, 2.45) is 0 Å². The van der Waals surface area contributed by atoms with Gasteiger partial charge in [0.15, 0.2) is 5.65 Å². The van der Waals surface area contributed by atoms with Crippen molar-refractivity contribution in [3.05, 3.63) is 99.1 Å². The molecule has 1 fully saturated rings. The molecule has 0 aliphatic heterocycles. The fourth-order valence-electron chi connectivity index (χ4n) is 3.88. The van der Waals surface area contributed by atoms with Gasteiger partial charge in [-0.25, -0.2) is 4.98 Å². The van der Waals surface area contributed by atoms with E-state index in [-0.39, 0.29) is 23.3 Å². The first kappa shape index (κ1) is 20.5. The Kier molecular flexibility index (Phi) is 4.55. The standard InChI is InChI=1S/C24H14F3N5O/c25-24(26,27)17-8-6-16(7-9-17)23(10-11-23)20-19(12-28)21-30-14-15(22(33)32(21)31-20)13-29-18-4-2-1-3-5-18/h1-2,4,6,8,14,29,31H,10-11,13H2. The summed E-state index contributed by atoms with van der Waals surface area (Å²) in [4.78, 5) is 17.4. The summed E-state index contributed by atoms with van der Waals surface area (Å²) in [5.41, 5.74) is 0.264. The summed E-state index contributed by atoms with van der Waals surface area (Å²) in [5, 5.41) is 15.9. The predicted molar refractivity (Wildman–Crippen MR) is 111 cm³/mol. The number of nitrogens with zero attached hydrogens (tertiary/aromatic N) is 3. The van der Waals surface area contributed by atoms with E-state index in [0.29, 0.717) is 35.3 Å². The molecule has 0 bridgehead atoms. The van der Waals surface area contributed by atoms with Gasteiger partial charge in [0.2, 0.25) is 0 Å². The van der Waals surface area contributed by atoms with Crippen molar-refractivity contribution in [3.63, 3.8) is 0 Å². The van der Waals surface area contributed by atoms with Crippen molar-refractivity contribution >= 4 is 11.3 Å². The van der Waals surface area contributed by atoms with Crippen LogP contribution in [0, 0.1) is 35.6 Å².